The highest BCUT2D eigenvalue weighted by molar-refractivity contribution is 5.14. The molecule has 1 atom stereocenters. The first-order valence-electron chi connectivity index (χ1n) is 5.69. The number of nitrogens with zero attached hydrogens (tertiary/aromatic N) is 2. The Morgan fingerprint density at radius 2 is 2.12 bits per heavy atom. The molecule has 0 bridgehead atoms. The van der Waals surface area contributed by atoms with Gasteiger partial charge >= 0.3 is 0 Å². The van der Waals surface area contributed by atoms with Gasteiger partial charge in [-0.05, 0) is 24.8 Å². The van der Waals surface area contributed by atoms with E-state index in [0.29, 0.717) is 11.8 Å². The van der Waals surface area contributed by atoms with Crippen LogP contribution in [-0.4, -0.2) is 17.3 Å². The molecule has 16 heavy (non-hydrogen) atoms. The monoisotopic (exact) mass is 222 g/mol. The molecule has 88 valence electrons. The van der Waals surface area contributed by atoms with Crippen molar-refractivity contribution in [1.29, 1.82) is 0 Å². The summed E-state index contributed by atoms with van der Waals surface area (Å²) in [4.78, 5) is 0. The van der Waals surface area contributed by atoms with Crippen LogP contribution in [-0.2, 0) is 0 Å². The van der Waals surface area contributed by atoms with Crippen LogP contribution in [0.15, 0.2) is 12.1 Å². The third kappa shape index (κ3) is 2.31. The second kappa shape index (κ2) is 5.23. The molecule has 3 N–H and O–H groups in total. The number of ether oxygens (including phenoxy) is 1. The second-order valence-corrected chi connectivity index (χ2v) is 4.19. The molecule has 0 amide bonds. The molecule has 0 aliphatic heterocycles. The Bertz CT molecular complexity index is 321. The first-order valence-corrected chi connectivity index (χ1v) is 5.69. The van der Waals surface area contributed by atoms with Gasteiger partial charge in [-0.15, -0.1) is 5.10 Å². The molecule has 1 aromatic rings. The zero-order chi connectivity index (χ0) is 11.4. The molecular formula is C11H18N4O. The minimum Gasteiger partial charge on any atom is -0.480 e. The summed E-state index contributed by atoms with van der Waals surface area (Å²) in [7, 11) is 1.58. The summed E-state index contributed by atoms with van der Waals surface area (Å²) in [6.45, 7) is 0. The van der Waals surface area contributed by atoms with Gasteiger partial charge in [0, 0.05) is 6.07 Å². The number of nitrogens with two attached hydrogens (primary N) is 1. The van der Waals surface area contributed by atoms with Crippen molar-refractivity contribution in [2.75, 3.05) is 7.11 Å². The van der Waals surface area contributed by atoms with Gasteiger partial charge in [0.2, 0.25) is 5.88 Å². The number of rotatable bonds is 4. The smallest absolute Gasteiger partial charge is 0.233 e. The summed E-state index contributed by atoms with van der Waals surface area (Å²) < 4.78 is 4.98. The lowest BCUT2D eigenvalue weighted by Gasteiger charge is -2.21. The van der Waals surface area contributed by atoms with E-state index in [-0.39, 0.29) is 6.04 Å². The zero-order valence-electron chi connectivity index (χ0n) is 9.52. The maximum Gasteiger partial charge on any atom is 0.233 e. The highest BCUT2D eigenvalue weighted by Gasteiger charge is 2.26. The number of nitrogens with one attached hydrogen (secondary N) is 1. The number of hydrogen-bond acceptors (Lipinski definition) is 5. The standard InChI is InChI=1S/C11H18N4O/c1-16-10-7-6-9(14-15-10)11(13-12)8-4-2-3-5-8/h6-8,11,13H,2-5,12H2,1H3. The lowest BCUT2D eigenvalue weighted by Crippen LogP contribution is -2.33. The predicted molar refractivity (Wildman–Crippen MR) is 60.6 cm³/mol. The quantitative estimate of drug-likeness (QED) is 0.591. The minimum absolute atomic E-state index is 0.112. The van der Waals surface area contributed by atoms with Gasteiger partial charge in [-0.25, -0.2) is 0 Å². The van der Waals surface area contributed by atoms with Crippen molar-refractivity contribution >= 4 is 0 Å². The summed E-state index contributed by atoms with van der Waals surface area (Å²) >= 11 is 0. The van der Waals surface area contributed by atoms with E-state index in [2.05, 4.69) is 15.6 Å². The minimum atomic E-state index is 0.112. The molecule has 0 aromatic carbocycles. The van der Waals surface area contributed by atoms with Crippen molar-refractivity contribution in [3.63, 3.8) is 0 Å². The van der Waals surface area contributed by atoms with Gasteiger partial charge in [-0.1, -0.05) is 12.8 Å². The van der Waals surface area contributed by atoms with Crippen molar-refractivity contribution in [1.82, 2.24) is 15.6 Å². The fourth-order valence-corrected chi connectivity index (χ4v) is 2.36. The largest absolute Gasteiger partial charge is 0.480 e. The Balaban J connectivity index is 2.12. The molecular weight excluding hydrogens is 204 g/mol. The fourth-order valence-electron chi connectivity index (χ4n) is 2.36. The van der Waals surface area contributed by atoms with E-state index in [9.17, 15) is 0 Å². The molecule has 1 aliphatic carbocycles. The number of methoxy groups -OCH3 is 1. The second-order valence-electron chi connectivity index (χ2n) is 4.19. The van der Waals surface area contributed by atoms with Crippen molar-refractivity contribution in [2.24, 2.45) is 11.8 Å². The van der Waals surface area contributed by atoms with Gasteiger partial charge in [0.1, 0.15) is 0 Å². The molecule has 0 radical (unpaired) electrons. The maximum absolute atomic E-state index is 5.61. The third-order valence-electron chi connectivity index (χ3n) is 3.24. The summed E-state index contributed by atoms with van der Waals surface area (Å²) in [5, 5.41) is 8.12. The van der Waals surface area contributed by atoms with Gasteiger partial charge in [0.15, 0.2) is 0 Å². The zero-order valence-corrected chi connectivity index (χ0v) is 9.52. The van der Waals surface area contributed by atoms with Crippen LogP contribution in [0, 0.1) is 5.92 Å². The molecule has 5 heteroatoms. The molecule has 0 saturated heterocycles. The summed E-state index contributed by atoms with van der Waals surface area (Å²) in [6, 6.07) is 3.86. The van der Waals surface area contributed by atoms with Crippen LogP contribution >= 0.6 is 0 Å². The van der Waals surface area contributed by atoms with E-state index in [4.69, 9.17) is 10.6 Å². The van der Waals surface area contributed by atoms with Crippen LogP contribution in [0.2, 0.25) is 0 Å². The molecule has 1 aromatic heterocycles. The normalized spacial score (nSPS) is 18.6. The summed E-state index contributed by atoms with van der Waals surface area (Å²) in [6.07, 6.45) is 4.99. The summed E-state index contributed by atoms with van der Waals surface area (Å²) in [5.74, 6) is 6.72. The molecule has 1 unspecified atom stereocenters. The van der Waals surface area contributed by atoms with E-state index in [1.807, 2.05) is 12.1 Å². The van der Waals surface area contributed by atoms with Crippen LogP contribution in [0.25, 0.3) is 0 Å². The van der Waals surface area contributed by atoms with E-state index in [1.165, 1.54) is 25.7 Å². The van der Waals surface area contributed by atoms with E-state index in [0.717, 1.165) is 5.69 Å². The van der Waals surface area contributed by atoms with Crippen molar-refractivity contribution < 1.29 is 4.74 Å². The van der Waals surface area contributed by atoms with E-state index in [1.54, 1.807) is 7.11 Å². The van der Waals surface area contributed by atoms with Crippen LogP contribution in [0.3, 0.4) is 0 Å². The molecule has 1 fully saturated rings. The van der Waals surface area contributed by atoms with Gasteiger partial charge in [0.25, 0.3) is 0 Å². The lowest BCUT2D eigenvalue weighted by molar-refractivity contribution is 0.356. The molecule has 0 spiro atoms. The fraction of sp³-hybridized carbons (Fsp3) is 0.636. The highest BCUT2D eigenvalue weighted by atomic mass is 16.5. The Hall–Kier alpha value is -1.20. The van der Waals surface area contributed by atoms with Gasteiger partial charge in [0.05, 0.1) is 18.8 Å². The first kappa shape index (κ1) is 11.3. The molecule has 5 nitrogen and oxygen atoms in total. The third-order valence-corrected chi connectivity index (χ3v) is 3.24. The molecule has 1 saturated carbocycles. The van der Waals surface area contributed by atoms with E-state index < -0.39 is 0 Å². The number of aromatic nitrogens is 2. The van der Waals surface area contributed by atoms with Gasteiger partial charge in [-0.2, -0.15) is 5.10 Å². The summed E-state index contributed by atoms with van der Waals surface area (Å²) in [5.41, 5.74) is 3.75. The Labute approximate surface area is 95.4 Å². The Morgan fingerprint density at radius 3 is 2.62 bits per heavy atom. The maximum atomic E-state index is 5.61. The van der Waals surface area contributed by atoms with Crippen LogP contribution in [0.1, 0.15) is 37.4 Å². The van der Waals surface area contributed by atoms with Crippen molar-refractivity contribution in [3.8, 4) is 5.88 Å². The molecule has 1 aliphatic rings. The number of hydrazine groups is 1. The van der Waals surface area contributed by atoms with Crippen molar-refractivity contribution in [2.45, 2.75) is 31.7 Å². The van der Waals surface area contributed by atoms with Gasteiger partial charge < -0.3 is 4.74 Å². The lowest BCUT2D eigenvalue weighted by atomic mass is 9.96. The molecule has 2 rings (SSSR count). The van der Waals surface area contributed by atoms with E-state index >= 15 is 0 Å². The first-order chi connectivity index (χ1) is 7.85. The average Bonchev–Trinajstić information content (AvgIpc) is 2.85. The van der Waals surface area contributed by atoms with Crippen LogP contribution < -0.4 is 16.0 Å². The predicted octanol–water partition coefficient (Wildman–Crippen LogP) is 1.18. The topological polar surface area (TPSA) is 73.1 Å². The van der Waals surface area contributed by atoms with Crippen molar-refractivity contribution in [3.05, 3.63) is 17.8 Å². The van der Waals surface area contributed by atoms with Crippen LogP contribution in [0.4, 0.5) is 0 Å². The SMILES string of the molecule is COc1ccc(C(NN)C2CCCC2)nn1. The Morgan fingerprint density at radius 1 is 1.38 bits per heavy atom. The number of hydrogen-bond donors (Lipinski definition) is 2. The van der Waals surface area contributed by atoms with Gasteiger partial charge in [-0.3, -0.25) is 11.3 Å². The Kier molecular flexibility index (Phi) is 3.69. The highest BCUT2D eigenvalue weighted by Crippen LogP contribution is 2.34. The molecule has 1 heterocycles. The average molecular weight is 222 g/mol. The van der Waals surface area contributed by atoms with Crippen LogP contribution in [0.5, 0.6) is 5.88 Å².